The molecule has 0 aliphatic carbocycles. The zero-order chi connectivity index (χ0) is 15.0. The topological polar surface area (TPSA) is 70.0 Å². The Kier molecular flexibility index (Phi) is 7.04. The lowest BCUT2D eigenvalue weighted by Gasteiger charge is -2.20. The van der Waals surface area contributed by atoms with E-state index in [-0.39, 0.29) is 45.2 Å². The molecular weight excluding hydrogens is 258 g/mol. The quantitative estimate of drug-likeness (QED) is 0.742. The summed E-state index contributed by atoms with van der Waals surface area (Å²) in [6.07, 6.45) is 0.230. The zero-order valence-electron chi connectivity index (χ0n) is 12.1. The van der Waals surface area contributed by atoms with E-state index in [1.165, 1.54) is 4.90 Å². The van der Waals surface area contributed by atoms with Crippen LogP contribution < -0.4 is 4.74 Å². The van der Waals surface area contributed by atoms with Crippen molar-refractivity contribution < 1.29 is 19.7 Å². The molecule has 0 heterocycles. The predicted molar refractivity (Wildman–Crippen MR) is 76.8 cm³/mol. The van der Waals surface area contributed by atoms with Gasteiger partial charge in [0.15, 0.2) is 0 Å². The molecule has 0 bridgehead atoms. The number of carbonyl (C=O) groups excluding carboxylic acids is 1. The van der Waals surface area contributed by atoms with Gasteiger partial charge in [-0.3, -0.25) is 4.79 Å². The van der Waals surface area contributed by atoms with Crippen LogP contribution in [0, 0.1) is 13.8 Å². The van der Waals surface area contributed by atoms with Crippen LogP contribution >= 0.6 is 0 Å². The molecule has 1 aromatic rings. The lowest BCUT2D eigenvalue weighted by atomic mass is 10.1. The van der Waals surface area contributed by atoms with Gasteiger partial charge in [-0.05, 0) is 31.0 Å². The van der Waals surface area contributed by atoms with Gasteiger partial charge in [0, 0.05) is 13.1 Å². The van der Waals surface area contributed by atoms with Crippen molar-refractivity contribution in [1.82, 2.24) is 4.90 Å². The number of amides is 1. The molecule has 20 heavy (non-hydrogen) atoms. The van der Waals surface area contributed by atoms with E-state index < -0.39 is 0 Å². The fourth-order valence-electron chi connectivity index (χ4n) is 1.89. The number of carbonyl (C=O) groups is 1. The van der Waals surface area contributed by atoms with Gasteiger partial charge in [-0.25, -0.2) is 0 Å². The highest BCUT2D eigenvalue weighted by Gasteiger charge is 2.12. The molecule has 5 nitrogen and oxygen atoms in total. The first-order chi connectivity index (χ1) is 9.60. The van der Waals surface area contributed by atoms with Gasteiger partial charge >= 0.3 is 0 Å². The second-order valence-electron chi connectivity index (χ2n) is 4.62. The van der Waals surface area contributed by atoms with Crippen LogP contribution in [0.4, 0.5) is 0 Å². The normalized spacial score (nSPS) is 10.4. The first-order valence-corrected chi connectivity index (χ1v) is 6.78. The van der Waals surface area contributed by atoms with E-state index >= 15 is 0 Å². The van der Waals surface area contributed by atoms with Gasteiger partial charge in [0.2, 0.25) is 5.91 Å². The zero-order valence-corrected chi connectivity index (χ0v) is 12.1. The third-order valence-corrected chi connectivity index (χ3v) is 3.22. The summed E-state index contributed by atoms with van der Waals surface area (Å²) >= 11 is 0. The van der Waals surface area contributed by atoms with E-state index in [9.17, 15) is 4.79 Å². The Morgan fingerprint density at radius 3 is 2.45 bits per heavy atom. The van der Waals surface area contributed by atoms with Crippen LogP contribution in [0.2, 0.25) is 0 Å². The molecule has 1 aromatic carbocycles. The third-order valence-electron chi connectivity index (χ3n) is 3.22. The number of ether oxygens (including phenoxy) is 1. The van der Waals surface area contributed by atoms with E-state index in [2.05, 4.69) is 0 Å². The Balaban J connectivity index is 2.46. The molecular formula is C15H23NO4. The standard InChI is InChI=1S/C15H23NO4/c1-12-4-3-5-14(13(12)2)20-11-6-15(19)16(7-9-17)8-10-18/h3-5,17-18H,6-11H2,1-2H3. The summed E-state index contributed by atoms with van der Waals surface area (Å²) in [7, 11) is 0. The van der Waals surface area contributed by atoms with Crippen LogP contribution in [0.3, 0.4) is 0 Å². The Bertz CT molecular complexity index is 428. The summed E-state index contributed by atoms with van der Waals surface area (Å²) < 4.78 is 5.62. The summed E-state index contributed by atoms with van der Waals surface area (Å²) in [5, 5.41) is 17.8. The molecule has 0 aliphatic rings. The van der Waals surface area contributed by atoms with Crippen LogP contribution in [0.25, 0.3) is 0 Å². The molecule has 0 aliphatic heterocycles. The lowest BCUT2D eigenvalue weighted by Crippen LogP contribution is -2.36. The summed E-state index contributed by atoms with van der Waals surface area (Å²) in [6.45, 7) is 4.54. The Morgan fingerprint density at radius 2 is 1.85 bits per heavy atom. The largest absolute Gasteiger partial charge is 0.493 e. The van der Waals surface area contributed by atoms with Gasteiger partial charge in [-0.15, -0.1) is 0 Å². The maximum absolute atomic E-state index is 11.9. The average Bonchev–Trinajstić information content (AvgIpc) is 2.43. The monoisotopic (exact) mass is 281 g/mol. The number of benzene rings is 1. The summed E-state index contributed by atoms with van der Waals surface area (Å²) in [5.74, 6) is 0.659. The highest BCUT2D eigenvalue weighted by atomic mass is 16.5. The van der Waals surface area contributed by atoms with Crippen molar-refractivity contribution in [3.8, 4) is 5.75 Å². The number of hydrogen-bond donors (Lipinski definition) is 2. The minimum atomic E-state index is -0.126. The lowest BCUT2D eigenvalue weighted by molar-refractivity contribution is -0.132. The Hall–Kier alpha value is -1.59. The molecule has 112 valence electrons. The summed E-state index contributed by atoms with van der Waals surface area (Å²) in [4.78, 5) is 13.3. The highest BCUT2D eigenvalue weighted by molar-refractivity contribution is 5.76. The van der Waals surface area contributed by atoms with E-state index in [0.717, 1.165) is 16.9 Å². The average molecular weight is 281 g/mol. The number of aliphatic hydroxyl groups is 2. The van der Waals surface area contributed by atoms with Crippen molar-refractivity contribution in [2.24, 2.45) is 0 Å². The fourth-order valence-corrected chi connectivity index (χ4v) is 1.89. The van der Waals surface area contributed by atoms with Gasteiger partial charge in [0.25, 0.3) is 0 Å². The Morgan fingerprint density at radius 1 is 1.20 bits per heavy atom. The van der Waals surface area contributed by atoms with Crippen molar-refractivity contribution in [2.75, 3.05) is 32.9 Å². The van der Waals surface area contributed by atoms with Gasteiger partial charge < -0.3 is 19.8 Å². The number of aryl methyl sites for hydroxylation is 1. The number of hydrogen-bond acceptors (Lipinski definition) is 4. The van der Waals surface area contributed by atoms with Crippen LogP contribution in [-0.2, 0) is 4.79 Å². The smallest absolute Gasteiger partial charge is 0.226 e. The van der Waals surface area contributed by atoms with Crippen molar-refractivity contribution in [3.05, 3.63) is 29.3 Å². The minimum absolute atomic E-state index is 0.108. The summed E-state index contributed by atoms with van der Waals surface area (Å²) in [6, 6.07) is 5.81. The second kappa shape index (κ2) is 8.55. The second-order valence-corrected chi connectivity index (χ2v) is 4.62. The van der Waals surface area contributed by atoms with Crippen LogP contribution in [0.5, 0.6) is 5.75 Å². The molecule has 0 saturated heterocycles. The molecule has 0 aromatic heterocycles. The molecule has 0 radical (unpaired) electrons. The van der Waals surface area contributed by atoms with Crippen LogP contribution in [0.1, 0.15) is 17.5 Å². The van der Waals surface area contributed by atoms with E-state index in [0.29, 0.717) is 0 Å². The SMILES string of the molecule is Cc1cccc(OCCC(=O)N(CCO)CCO)c1C. The van der Waals surface area contributed by atoms with Crippen molar-refractivity contribution >= 4 is 5.91 Å². The van der Waals surface area contributed by atoms with Gasteiger partial charge in [-0.1, -0.05) is 12.1 Å². The van der Waals surface area contributed by atoms with Crippen LogP contribution in [-0.4, -0.2) is 53.9 Å². The Labute approximate surface area is 119 Å². The maximum Gasteiger partial charge on any atom is 0.226 e. The van der Waals surface area contributed by atoms with Gasteiger partial charge in [0.1, 0.15) is 5.75 Å². The molecule has 0 atom stereocenters. The number of nitrogens with zero attached hydrogens (tertiary/aromatic N) is 1. The molecule has 1 amide bonds. The molecule has 5 heteroatoms. The highest BCUT2D eigenvalue weighted by Crippen LogP contribution is 2.20. The molecule has 1 rings (SSSR count). The van der Waals surface area contributed by atoms with E-state index in [1.54, 1.807) is 0 Å². The van der Waals surface area contributed by atoms with Crippen LogP contribution in [0.15, 0.2) is 18.2 Å². The van der Waals surface area contributed by atoms with Gasteiger partial charge in [0.05, 0.1) is 26.2 Å². The number of rotatable bonds is 8. The summed E-state index contributed by atoms with van der Waals surface area (Å²) in [5.41, 5.74) is 2.22. The first kappa shape index (κ1) is 16.5. The minimum Gasteiger partial charge on any atom is -0.493 e. The van der Waals surface area contributed by atoms with E-state index in [4.69, 9.17) is 14.9 Å². The molecule has 0 spiro atoms. The van der Waals surface area contributed by atoms with Crippen molar-refractivity contribution in [2.45, 2.75) is 20.3 Å². The molecule has 0 unspecified atom stereocenters. The number of aliphatic hydroxyl groups excluding tert-OH is 2. The molecule has 0 saturated carbocycles. The van der Waals surface area contributed by atoms with Gasteiger partial charge in [-0.2, -0.15) is 0 Å². The van der Waals surface area contributed by atoms with E-state index in [1.807, 2.05) is 32.0 Å². The van der Waals surface area contributed by atoms with Crippen molar-refractivity contribution in [3.63, 3.8) is 0 Å². The molecule has 0 fully saturated rings. The van der Waals surface area contributed by atoms with Crippen molar-refractivity contribution in [1.29, 1.82) is 0 Å². The predicted octanol–water partition coefficient (Wildman–Crippen LogP) is 0.886. The fraction of sp³-hybridized carbons (Fsp3) is 0.533. The first-order valence-electron chi connectivity index (χ1n) is 6.78. The molecule has 2 N–H and O–H groups in total. The maximum atomic E-state index is 11.9. The third kappa shape index (κ3) is 4.83.